The lowest BCUT2D eigenvalue weighted by molar-refractivity contribution is -0.172. The number of hydrogen-bond acceptors (Lipinski definition) is 6. The van der Waals surface area contributed by atoms with E-state index < -0.39 is 17.4 Å². The number of pyridine rings is 2. The molecule has 0 bridgehead atoms. The molecular weight excluding hydrogens is 557 g/mol. The molecule has 8 nitrogen and oxygen atoms in total. The van der Waals surface area contributed by atoms with E-state index in [9.17, 15) is 23.9 Å². The van der Waals surface area contributed by atoms with Gasteiger partial charge in [-0.3, -0.25) is 9.59 Å². The van der Waals surface area contributed by atoms with Crippen LogP contribution >= 0.6 is 15.9 Å². The predicted octanol–water partition coefficient (Wildman–Crippen LogP) is 4.10. The van der Waals surface area contributed by atoms with Crippen LogP contribution in [0, 0.1) is 12.7 Å². The average Bonchev–Trinajstić information content (AvgIpc) is 3.26. The number of aryl methyl sites for hydroxylation is 1. The van der Waals surface area contributed by atoms with Gasteiger partial charge >= 0.3 is 5.97 Å². The number of carbonyl (C=O) groups is 2. The lowest BCUT2D eigenvalue weighted by Gasteiger charge is -2.31. The fourth-order valence-corrected chi connectivity index (χ4v) is 5.72. The van der Waals surface area contributed by atoms with E-state index in [2.05, 4.69) is 21.2 Å². The number of rotatable bonds is 8. The van der Waals surface area contributed by atoms with Crippen LogP contribution in [0.2, 0.25) is 0 Å². The molecule has 0 spiro atoms. The maximum Gasteiger partial charge on any atom is 0.343 e. The molecule has 0 saturated carbocycles. The second-order valence-corrected chi connectivity index (χ2v) is 10.7. The van der Waals surface area contributed by atoms with Gasteiger partial charge < -0.3 is 19.7 Å². The number of ether oxygens (including phenoxy) is 1. The Labute approximate surface area is 227 Å². The summed E-state index contributed by atoms with van der Waals surface area (Å²) in [5, 5.41) is 15.7. The summed E-state index contributed by atoms with van der Waals surface area (Å²) in [7, 11) is 0. The lowest BCUT2D eigenvalue weighted by Crippen LogP contribution is -2.44. The Morgan fingerprint density at radius 2 is 2.03 bits per heavy atom. The van der Waals surface area contributed by atoms with Crippen LogP contribution < -0.4 is 10.9 Å². The lowest BCUT2D eigenvalue weighted by atomic mass is 9.86. The monoisotopic (exact) mass is 585 g/mol. The van der Waals surface area contributed by atoms with Gasteiger partial charge in [0.1, 0.15) is 12.4 Å². The number of hydrogen-bond donors (Lipinski definition) is 2. The minimum Gasteiger partial charge on any atom is -0.458 e. The number of aliphatic hydroxyl groups is 1. The van der Waals surface area contributed by atoms with Crippen LogP contribution in [0.1, 0.15) is 66.8 Å². The molecule has 0 saturated heterocycles. The summed E-state index contributed by atoms with van der Waals surface area (Å²) in [4.78, 5) is 43.3. The molecule has 2 aromatic heterocycles. The second kappa shape index (κ2) is 10.2. The molecule has 2 N–H and O–H groups in total. The highest BCUT2D eigenvalue weighted by Crippen LogP contribution is 2.40. The number of benzene rings is 1. The van der Waals surface area contributed by atoms with E-state index in [4.69, 9.17) is 9.72 Å². The Balaban J connectivity index is 1.62. The molecule has 1 amide bonds. The fourth-order valence-electron chi connectivity index (χ4n) is 5.33. The minimum absolute atomic E-state index is 0.0388. The van der Waals surface area contributed by atoms with Crippen LogP contribution in [0.15, 0.2) is 23.0 Å². The van der Waals surface area contributed by atoms with Gasteiger partial charge in [0, 0.05) is 40.9 Å². The zero-order valence-corrected chi connectivity index (χ0v) is 22.9. The number of unbranched alkanes of at least 4 members (excludes halogenated alkanes) is 2. The van der Waals surface area contributed by atoms with E-state index in [1.54, 1.807) is 30.5 Å². The molecule has 10 heteroatoms. The Morgan fingerprint density at radius 1 is 1.24 bits per heavy atom. The summed E-state index contributed by atoms with van der Waals surface area (Å²) < 4.78 is 21.3. The number of esters is 1. The van der Waals surface area contributed by atoms with Gasteiger partial charge in [0.25, 0.3) is 5.56 Å². The summed E-state index contributed by atoms with van der Waals surface area (Å²) >= 11 is 3.40. The predicted molar refractivity (Wildman–Crippen MR) is 143 cm³/mol. The second-order valence-electron chi connectivity index (χ2n) is 9.92. The number of alkyl halides is 1. The van der Waals surface area contributed by atoms with Gasteiger partial charge in [-0.2, -0.15) is 0 Å². The summed E-state index contributed by atoms with van der Waals surface area (Å²) in [6.07, 6.45) is 3.18. The first kappa shape index (κ1) is 26.5. The third kappa shape index (κ3) is 4.33. The van der Waals surface area contributed by atoms with E-state index >= 15 is 0 Å². The molecule has 2 aliphatic rings. The molecule has 1 atom stereocenters. The van der Waals surface area contributed by atoms with Gasteiger partial charge in [-0.1, -0.05) is 29.3 Å². The number of fused-ring (bicyclic) bond motifs is 5. The van der Waals surface area contributed by atoms with Crippen molar-refractivity contribution >= 4 is 38.7 Å². The normalized spacial score (nSPS) is 17.7. The standard InChI is InChI=1S/C28H29BrFN3O5/c1-3-28(37)20-10-23-25-18(13-33(23)26(35)19(20)14-38-27(28)36)17(12-31-24(34)7-5-4-6-8-29)16-9-15(2)21(30)11-22(16)32-25/h9-11,37H,3-8,12-14H2,1-2H3,(H,31,34)/t28-/m0/s1. The fraction of sp³-hybridized carbons (Fsp3) is 0.429. The largest absolute Gasteiger partial charge is 0.458 e. The maximum atomic E-state index is 14.6. The number of nitrogens with zero attached hydrogens (tertiary/aromatic N) is 2. The van der Waals surface area contributed by atoms with E-state index in [0.717, 1.165) is 35.7 Å². The van der Waals surface area contributed by atoms with Gasteiger partial charge in [0.2, 0.25) is 5.91 Å². The van der Waals surface area contributed by atoms with Crippen LogP contribution in [0.4, 0.5) is 4.39 Å². The van der Waals surface area contributed by atoms with Crippen LogP contribution in [-0.4, -0.2) is 31.9 Å². The highest BCUT2D eigenvalue weighted by atomic mass is 79.9. The van der Waals surface area contributed by atoms with Crippen LogP contribution in [0.3, 0.4) is 0 Å². The number of halogens is 2. The van der Waals surface area contributed by atoms with Gasteiger partial charge in [-0.05, 0) is 49.4 Å². The Morgan fingerprint density at radius 3 is 2.76 bits per heavy atom. The minimum atomic E-state index is -1.93. The smallest absolute Gasteiger partial charge is 0.343 e. The summed E-state index contributed by atoms with van der Waals surface area (Å²) in [6, 6.07) is 4.70. The Kier molecular flexibility index (Phi) is 7.13. The van der Waals surface area contributed by atoms with Crippen molar-refractivity contribution in [3.8, 4) is 11.4 Å². The summed E-state index contributed by atoms with van der Waals surface area (Å²) in [5.41, 5.74) is 1.42. The first-order valence-electron chi connectivity index (χ1n) is 12.8. The van der Waals surface area contributed by atoms with E-state index in [-0.39, 0.29) is 48.7 Å². The Hall–Kier alpha value is -3.11. The number of carbonyl (C=O) groups excluding carboxylic acids is 2. The van der Waals surface area contributed by atoms with Gasteiger partial charge in [0.05, 0.1) is 29.0 Å². The molecule has 4 heterocycles. The molecule has 0 radical (unpaired) electrons. The van der Waals surface area contributed by atoms with Crippen molar-refractivity contribution in [1.29, 1.82) is 0 Å². The van der Waals surface area contributed by atoms with Crippen LogP contribution in [0.25, 0.3) is 22.3 Å². The molecule has 0 fully saturated rings. The topological polar surface area (TPSA) is 111 Å². The average molecular weight is 586 g/mol. The van der Waals surface area contributed by atoms with E-state index in [1.807, 2.05) is 0 Å². The molecule has 5 rings (SSSR count). The zero-order chi connectivity index (χ0) is 27.2. The van der Waals surface area contributed by atoms with Crippen molar-refractivity contribution in [3.63, 3.8) is 0 Å². The third-order valence-electron chi connectivity index (χ3n) is 7.59. The zero-order valence-electron chi connectivity index (χ0n) is 21.3. The molecular formula is C28H29BrFN3O5. The van der Waals surface area contributed by atoms with Crippen LogP contribution in [0.5, 0.6) is 0 Å². The van der Waals surface area contributed by atoms with Crippen LogP contribution in [-0.2, 0) is 39.6 Å². The molecule has 3 aromatic rings. The highest BCUT2D eigenvalue weighted by Gasteiger charge is 2.45. The van der Waals surface area contributed by atoms with E-state index in [0.29, 0.717) is 34.3 Å². The molecule has 38 heavy (non-hydrogen) atoms. The SMILES string of the molecule is CC[C@@]1(O)C(=O)OCc2c1cc1n(c2=O)Cc2c-1nc1cc(F)c(C)cc1c2CNC(=O)CCCCCBr. The first-order valence-corrected chi connectivity index (χ1v) is 13.9. The number of aromatic nitrogens is 2. The van der Waals surface area contributed by atoms with E-state index in [1.165, 1.54) is 6.07 Å². The molecule has 200 valence electrons. The maximum absolute atomic E-state index is 14.6. The Bertz CT molecular complexity index is 1540. The van der Waals surface area contributed by atoms with Crippen molar-refractivity contribution < 1.29 is 23.8 Å². The van der Waals surface area contributed by atoms with Gasteiger partial charge in [0.15, 0.2) is 5.60 Å². The van der Waals surface area contributed by atoms with Crippen molar-refractivity contribution in [1.82, 2.24) is 14.9 Å². The summed E-state index contributed by atoms with van der Waals surface area (Å²) in [5.74, 6) is -1.28. The van der Waals surface area contributed by atoms with Gasteiger partial charge in [-0.25, -0.2) is 14.2 Å². The first-order chi connectivity index (χ1) is 18.2. The quantitative estimate of drug-likeness (QED) is 0.183. The third-order valence-corrected chi connectivity index (χ3v) is 8.15. The summed E-state index contributed by atoms with van der Waals surface area (Å²) in [6.45, 7) is 3.50. The molecule has 2 aliphatic heterocycles. The highest BCUT2D eigenvalue weighted by molar-refractivity contribution is 9.09. The van der Waals surface area contributed by atoms with Crippen molar-refractivity contribution in [2.24, 2.45) is 0 Å². The molecule has 1 aromatic carbocycles. The van der Waals surface area contributed by atoms with Crippen molar-refractivity contribution in [3.05, 3.63) is 62.2 Å². The van der Waals surface area contributed by atoms with Gasteiger partial charge in [-0.15, -0.1) is 0 Å². The van der Waals surface area contributed by atoms with Crippen molar-refractivity contribution in [2.45, 2.75) is 71.2 Å². The number of nitrogens with one attached hydrogen (secondary N) is 1. The van der Waals surface area contributed by atoms with Crippen molar-refractivity contribution in [2.75, 3.05) is 5.33 Å². The number of amides is 1. The number of cyclic esters (lactones) is 1. The molecule has 0 unspecified atom stereocenters. The molecule has 0 aliphatic carbocycles.